The SMILES string of the molecule is C=C(C)C1CC=C(C)C(=O)C1.C=C(C)C1CC=C(C)CC1.C=C1C2CCC(C2)C1(C)C.C=CC(=C)CCC=C(C)C.CC12CCC(CC1=O)C2(C)C.CC1=CC=C(C(C)C)CC1.CC1=CCC(=C(C)C)CC1.CC1=CCC(C(C)C)=CC1.CC1=CCC2C(C1)C2(C)C.CC1=CCC2CC1C2(C)C.CC1CCC2CC1C2(C)C. The number of carbonyl (C=O) groups is 2. The fourth-order valence-corrected chi connectivity index (χ4v) is 21.1. The van der Waals surface area contributed by atoms with Crippen LogP contribution in [0.3, 0.4) is 0 Å². The number of allylic oxidation sites excluding steroid dienone is 27. The lowest BCUT2D eigenvalue weighted by atomic mass is 9.46. The van der Waals surface area contributed by atoms with Crippen LogP contribution in [-0.2, 0) is 9.59 Å². The minimum absolute atomic E-state index is 0.0255. The van der Waals surface area contributed by atoms with Crippen molar-refractivity contribution >= 4 is 11.6 Å². The molecule has 0 N–H and O–H groups in total. The van der Waals surface area contributed by atoms with Crippen LogP contribution >= 0.6 is 0 Å². The van der Waals surface area contributed by atoms with Gasteiger partial charge in [-0.2, -0.15) is 0 Å². The molecule has 9 fully saturated rings. The highest BCUT2D eigenvalue weighted by molar-refractivity contribution is 5.95. The summed E-state index contributed by atoms with van der Waals surface area (Å²) in [7, 11) is 0. The summed E-state index contributed by atoms with van der Waals surface area (Å²) in [6, 6.07) is 0. The van der Waals surface area contributed by atoms with Crippen LogP contribution in [0.4, 0.5) is 0 Å². The van der Waals surface area contributed by atoms with Crippen LogP contribution in [0.15, 0.2) is 189 Å². The van der Waals surface area contributed by atoms with Crippen molar-refractivity contribution in [3.8, 4) is 0 Å². The van der Waals surface area contributed by atoms with E-state index < -0.39 is 0 Å². The Labute approximate surface area is 695 Å². The highest BCUT2D eigenvalue weighted by Gasteiger charge is 2.61. The Morgan fingerprint density at radius 3 is 1.48 bits per heavy atom. The van der Waals surface area contributed by atoms with Gasteiger partial charge in [-0.1, -0.05) is 301 Å². The first-order valence-electron chi connectivity index (χ1n) is 45.7. The number of ketones is 2. The minimum atomic E-state index is 0.0255. The van der Waals surface area contributed by atoms with Crippen LogP contribution in [0, 0.1) is 115 Å². The Hall–Kier alpha value is -4.82. The van der Waals surface area contributed by atoms with E-state index in [1.54, 1.807) is 39.0 Å². The summed E-state index contributed by atoms with van der Waals surface area (Å²) in [6.07, 6.45) is 58.8. The van der Waals surface area contributed by atoms with Crippen molar-refractivity contribution in [1.29, 1.82) is 0 Å². The number of fused-ring (bicyclic) bond motifs is 8. The maximum atomic E-state index is 11.6. The Morgan fingerprint density at radius 2 is 1.12 bits per heavy atom. The maximum Gasteiger partial charge on any atom is 0.158 e. The highest BCUT2D eigenvalue weighted by atomic mass is 16.1. The van der Waals surface area contributed by atoms with E-state index in [1.807, 2.05) is 26.0 Å². The van der Waals surface area contributed by atoms with Crippen LogP contribution in [-0.4, -0.2) is 11.6 Å². The molecule has 0 radical (unpaired) electrons. The zero-order valence-corrected chi connectivity index (χ0v) is 78.9. The van der Waals surface area contributed by atoms with Crippen molar-refractivity contribution in [1.82, 2.24) is 0 Å². The van der Waals surface area contributed by atoms with Crippen LogP contribution in [0.1, 0.15) is 374 Å². The summed E-state index contributed by atoms with van der Waals surface area (Å²) in [5, 5.41) is 0. The number of carbonyl (C=O) groups excluding carboxylic acids is 2. The fourth-order valence-electron chi connectivity index (χ4n) is 21.1. The third-order valence-electron chi connectivity index (χ3n) is 32.1. The second kappa shape index (κ2) is 43.1. The number of rotatable bonds is 8. The first kappa shape index (κ1) is 97.8. The van der Waals surface area contributed by atoms with Gasteiger partial charge in [0, 0.05) is 18.3 Å². The Morgan fingerprint density at radius 1 is 0.509 bits per heavy atom. The van der Waals surface area contributed by atoms with E-state index in [9.17, 15) is 9.59 Å². The zero-order chi connectivity index (χ0) is 84.3. The van der Waals surface area contributed by atoms with Crippen LogP contribution in [0.25, 0.3) is 0 Å². The van der Waals surface area contributed by atoms with Gasteiger partial charge in [0.2, 0.25) is 0 Å². The van der Waals surface area contributed by atoms with Crippen LogP contribution in [0.5, 0.6) is 0 Å². The summed E-state index contributed by atoms with van der Waals surface area (Å²) in [6.45, 7) is 85.0. The van der Waals surface area contributed by atoms with E-state index in [2.05, 4.69) is 275 Å². The second-order valence-electron chi connectivity index (χ2n) is 42.8. The van der Waals surface area contributed by atoms with E-state index >= 15 is 0 Å². The first-order chi connectivity index (χ1) is 52.0. The molecule has 17 rings (SSSR count). The lowest BCUT2D eigenvalue weighted by molar-refractivity contribution is -0.128. The van der Waals surface area contributed by atoms with Crippen molar-refractivity contribution in [3.63, 3.8) is 0 Å². The van der Waals surface area contributed by atoms with E-state index in [0.717, 1.165) is 120 Å². The number of hydrogen-bond acceptors (Lipinski definition) is 2. The smallest absolute Gasteiger partial charge is 0.158 e. The molecule has 17 aliphatic carbocycles. The van der Waals surface area contributed by atoms with E-state index in [-0.39, 0.29) is 16.6 Å². The Kier molecular flexibility index (Phi) is 37.6. The molecule has 0 aromatic rings. The molecule has 9 saturated carbocycles. The average Bonchev–Trinajstić information content (AvgIpc) is 1.52. The van der Waals surface area contributed by atoms with Gasteiger partial charge >= 0.3 is 0 Å². The topological polar surface area (TPSA) is 34.1 Å². The molecule has 13 atom stereocenters. The van der Waals surface area contributed by atoms with Crippen LogP contribution in [0.2, 0.25) is 0 Å². The van der Waals surface area contributed by atoms with Gasteiger partial charge in [-0.3, -0.25) is 9.59 Å². The van der Waals surface area contributed by atoms with Gasteiger partial charge in [-0.15, -0.1) is 0 Å². The first-order valence-corrected chi connectivity index (χ1v) is 45.7. The van der Waals surface area contributed by atoms with Crippen molar-refractivity contribution in [3.05, 3.63) is 189 Å². The van der Waals surface area contributed by atoms with Gasteiger partial charge in [-0.05, 0) is 360 Å². The molecule has 13 unspecified atom stereocenters. The third-order valence-corrected chi connectivity index (χ3v) is 32.1. The number of hydrogen-bond donors (Lipinski definition) is 0. The summed E-state index contributed by atoms with van der Waals surface area (Å²) in [4.78, 5) is 22.8. The van der Waals surface area contributed by atoms with Crippen molar-refractivity contribution in [2.24, 2.45) is 115 Å². The Bertz CT molecular complexity index is 3590. The van der Waals surface area contributed by atoms with E-state index in [1.165, 1.54) is 168 Å². The van der Waals surface area contributed by atoms with Crippen molar-refractivity contribution < 1.29 is 9.59 Å². The highest BCUT2D eigenvalue weighted by Crippen LogP contribution is 2.66. The van der Waals surface area contributed by atoms with E-state index in [4.69, 9.17) is 0 Å². The molecule has 0 saturated heterocycles. The quantitative estimate of drug-likeness (QED) is 0.179. The normalized spacial score (nSPS) is 30.9. The molecule has 112 heavy (non-hydrogen) atoms. The fraction of sp³-hybridized carbons (Fsp3) is 0.691. The molecule has 2 nitrogen and oxygen atoms in total. The van der Waals surface area contributed by atoms with Gasteiger partial charge in [0.1, 0.15) is 5.78 Å². The predicted octanol–water partition coefficient (Wildman–Crippen LogP) is 33.8. The van der Waals surface area contributed by atoms with Crippen molar-refractivity contribution in [2.45, 2.75) is 374 Å². The summed E-state index contributed by atoms with van der Waals surface area (Å²) in [5.74, 6) is 13.1. The van der Waals surface area contributed by atoms with Crippen LogP contribution < -0.4 is 0 Å². The average molecular weight is 1530 g/mol. The molecular weight excluding hydrogens is 1350 g/mol. The molecule has 0 aromatic heterocycles. The maximum absolute atomic E-state index is 11.6. The molecule has 2 heteroatoms. The summed E-state index contributed by atoms with van der Waals surface area (Å²) >= 11 is 0. The standard InChI is InChI=1S/C10H16O.C10H14O.C10H16.C10H18.7C10H16/c1-9(2)7-4-5-10(9,3)8(11)6-7;1-7(2)9-5-4-8(3)10(11)6-9;1-7-8-4-5-9(6-8)10(7,2)3;2*1-7-4-5-8-6-9(7)10(8,2)3;1-7-4-5-8-9(6-7)10(8,2)3;4*1-8(2)10-6-4-9(3)5-7-10;1-5-10(4)8-6-7-9(2)3/h7H,4-6H2,1-3H3;4,9H,1,5-6H2,2-3H3;8-9H,1,4-6H2,2-3H3;7-9H,4-6H2,1-3H3;2*4,8-9H,5-6H2,1-3H3;4H,5-7H2,1-3H3;4,7-8H,5-6H2,1-3H3;4,6,8H,5,7H2,1-3H3;4,10H,1,5-7H2,2-3H3;5,7H,1,4,6,8H2,2-3H3. The zero-order valence-electron chi connectivity index (χ0n) is 78.9. The van der Waals surface area contributed by atoms with Gasteiger partial charge in [0.05, 0.1) is 0 Å². The van der Waals surface area contributed by atoms with Gasteiger partial charge in [0.15, 0.2) is 5.78 Å². The second-order valence-corrected chi connectivity index (χ2v) is 42.8. The minimum Gasteiger partial charge on any atom is -0.299 e. The van der Waals surface area contributed by atoms with E-state index in [0.29, 0.717) is 45.7 Å². The third kappa shape index (κ3) is 27.1. The molecule has 8 bridgehead atoms. The van der Waals surface area contributed by atoms with Crippen molar-refractivity contribution in [2.75, 3.05) is 0 Å². The lowest BCUT2D eigenvalue weighted by Gasteiger charge is -2.59. The Balaban J connectivity index is 0.000000220. The number of Topliss-reactive ketones (excluding diaryl/α,β-unsaturated/α-hetero) is 2. The largest absolute Gasteiger partial charge is 0.299 e. The molecule has 0 aromatic carbocycles. The molecular formula is C110H176O2. The molecule has 628 valence electrons. The molecule has 0 amide bonds. The summed E-state index contributed by atoms with van der Waals surface area (Å²) < 4.78 is 0. The van der Waals surface area contributed by atoms with Gasteiger partial charge < -0.3 is 0 Å². The van der Waals surface area contributed by atoms with Gasteiger partial charge in [0.25, 0.3) is 0 Å². The molecule has 0 spiro atoms. The molecule has 0 aliphatic heterocycles. The molecule has 0 heterocycles. The van der Waals surface area contributed by atoms with Gasteiger partial charge in [-0.25, -0.2) is 0 Å². The monoisotopic (exact) mass is 1530 g/mol. The predicted molar refractivity (Wildman–Crippen MR) is 497 cm³/mol. The molecule has 17 aliphatic rings. The summed E-state index contributed by atoms with van der Waals surface area (Å²) in [5.41, 5.74) is 26.0. The lowest BCUT2D eigenvalue weighted by Crippen LogP contribution is -2.51.